The largest absolute Gasteiger partial charge is 0.469 e. The molecule has 0 aromatic heterocycles. The van der Waals surface area contributed by atoms with Gasteiger partial charge in [-0.05, 0) is 24.1 Å². The number of rotatable bonds is 4. The van der Waals surface area contributed by atoms with Gasteiger partial charge in [0.25, 0.3) is 0 Å². The Labute approximate surface area is 130 Å². The van der Waals surface area contributed by atoms with Gasteiger partial charge in [0.2, 0.25) is 0 Å². The Morgan fingerprint density at radius 3 is 1.86 bits per heavy atom. The van der Waals surface area contributed by atoms with Gasteiger partial charge >= 0.3 is 11.9 Å². The molecular weight excluding hydrogens is 280 g/mol. The fourth-order valence-corrected chi connectivity index (χ4v) is 1.69. The fraction of sp³-hybridized carbons (Fsp3) is 0.222. The summed E-state index contributed by atoms with van der Waals surface area (Å²) in [5.41, 5.74) is 1.76. The Bertz CT molecular complexity index is 564. The Balaban J connectivity index is 0.000000224. The minimum atomic E-state index is -0.291. The molecule has 0 fully saturated rings. The number of methoxy groups -OCH3 is 2. The lowest BCUT2D eigenvalue weighted by Crippen LogP contribution is -2.01. The number of carbonyl (C=O) groups is 2. The van der Waals surface area contributed by atoms with Crippen molar-refractivity contribution >= 4 is 11.9 Å². The first-order valence-corrected chi connectivity index (χ1v) is 6.91. The molecule has 2 aromatic carbocycles. The molecule has 116 valence electrons. The zero-order chi connectivity index (χ0) is 16.2. The Morgan fingerprint density at radius 1 is 0.818 bits per heavy atom. The van der Waals surface area contributed by atoms with Crippen molar-refractivity contribution in [2.75, 3.05) is 14.2 Å². The predicted molar refractivity (Wildman–Crippen MR) is 84.6 cm³/mol. The van der Waals surface area contributed by atoms with Crippen LogP contribution in [-0.2, 0) is 20.7 Å². The number of hydrogen-bond acceptors (Lipinski definition) is 4. The van der Waals surface area contributed by atoms with Gasteiger partial charge in [0.1, 0.15) is 0 Å². The summed E-state index contributed by atoms with van der Waals surface area (Å²) in [6.07, 6.45) is 1.22. The first-order chi connectivity index (χ1) is 10.7. The lowest BCUT2D eigenvalue weighted by atomic mass is 10.1. The van der Waals surface area contributed by atoms with E-state index in [1.165, 1.54) is 19.8 Å². The Morgan fingerprint density at radius 2 is 1.36 bits per heavy atom. The van der Waals surface area contributed by atoms with Crippen molar-refractivity contribution in [2.24, 2.45) is 0 Å². The van der Waals surface area contributed by atoms with Crippen LogP contribution in [0.25, 0.3) is 0 Å². The fourth-order valence-electron chi connectivity index (χ4n) is 1.69. The summed E-state index contributed by atoms with van der Waals surface area (Å²) < 4.78 is 9.03. The van der Waals surface area contributed by atoms with Crippen molar-refractivity contribution in [1.29, 1.82) is 0 Å². The van der Waals surface area contributed by atoms with E-state index in [0.29, 0.717) is 12.0 Å². The van der Waals surface area contributed by atoms with Crippen LogP contribution in [0, 0.1) is 0 Å². The van der Waals surface area contributed by atoms with Crippen molar-refractivity contribution in [3.05, 3.63) is 71.8 Å². The third kappa shape index (κ3) is 6.70. The van der Waals surface area contributed by atoms with E-state index in [1.54, 1.807) is 24.3 Å². The van der Waals surface area contributed by atoms with E-state index in [4.69, 9.17) is 0 Å². The summed E-state index contributed by atoms with van der Waals surface area (Å²) in [5, 5.41) is 0. The highest BCUT2D eigenvalue weighted by atomic mass is 16.5. The molecule has 0 aliphatic heterocycles. The molecule has 2 aromatic rings. The minimum absolute atomic E-state index is 0.154. The van der Waals surface area contributed by atoms with Crippen LogP contribution in [0.4, 0.5) is 0 Å². The van der Waals surface area contributed by atoms with Crippen molar-refractivity contribution in [1.82, 2.24) is 0 Å². The van der Waals surface area contributed by atoms with Gasteiger partial charge in [-0.3, -0.25) is 4.79 Å². The predicted octanol–water partition coefficient (Wildman–Crippen LogP) is 3.27. The molecule has 0 N–H and O–H groups in total. The monoisotopic (exact) mass is 300 g/mol. The summed E-state index contributed by atoms with van der Waals surface area (Å²) >= 11 is 0. The van der Waals surface area contributed by atoms with Gasteiger partial charge in [0.05, 0.1) is 19.8 Å². The normalized spacial score (nSPS) is 9.18. The lowest BCUT2D eigenvalue weighted by Gasteiger charge is -1.98. The number of carbonyl (C=O) groups excluding carboxylic acids is 2. The zero-order valence-corrected chi connectivity index (χ0v) is 12.8. The maximum absolute atomic E-state index is 10.8. The highest BCUT2D eigenvalue weighted by Crippen LogP contribution is 2.02. The molecule has 0 aliphatic carbocycles. The molecular formula is C18H20O4. The lowest BCUT2D eigenvalue weighted by molar-refractivity contribution is -0.140. The van der Waals surface area contributed by atoms with Crippen LogP contribution in [0.1, 0.15) is 22.3 Å². The van der Waals surface area contributed by atoms with E-state index in [0.717, 1.165) is 6.42 Å². The molecule has 0 bridgehead atoms. The van der Waals surface area contributed by atoms with E-state index in [1.807, 2.05) is 36.4 Å². The van der Waals surface area contributed by atoms with E-state index in [2.05, 4.69) is 9.47 Å². The molecule has 22 heavy (non-hydrogen) atoms. The first-order valence-electron chi connectivity index (χ1n) is 6.91. The third-order valence-corrected chi connectivity index (χ3v) is 2.88. The average Bonchev–Trinajstić information content (AvgIpc) is 2.61. The smallest absolute Gasteiger partial charge is 0.337 e. The molecule has 4 heteroatoms. The maximum atomic E-state index is 10.8. The molecule has 0 amide bonds. The molecule has 0 radical (unpaired) electrons. The van der Waals surface area contributed by atoms with E-state index < -0.39 is 0 Å². The molecule has 0 atom stereocenters. The van der Waals surface area contributed by atoms with Gasteiger partial charge in [0, 0.05) is 6.42 Å². The molecule has 0 saturated heterocycles. The van der Waals surface area contributed by atoms with Gasteiger partial charge in [0.15, 0.2) is 0 Å². The Kier molecular flexibility index (Phi) is 8.05. The molecule has 4 nitrogen and oxygen atoms in total. The van der Waals surface area contributed by atoms with Crippen LogP contribution in [-0.4, -0.2) is 26.2 Å². The summed E-state index contributed by atoms with van der Waals surface area (Å²) in [6, 6.07) is 18.8. The van der Waals surface area contributed by atoms with Gasteiger partial charge in [-0.1, -0.05) is 48.5 Å². The van der Waals surface area contributed by atoms with Crippen LogP contribution in [0.5, 0.6) is 0 Å². The average molecular weight is 300 g/mol. The highest BCUT2D eigenvalue weighted by Gasteiger charge is 2.01. The number of aryl methyl sites for hydroxylation is 1. The third-order valence-electron chi connectivity index (χ3n) is 2.88. The minimum Gasteiger partial charge on any atom is -0.469 e. The number of ether oxygens (including phenoxy) is 2. The van der Waals surface area contributed by atoms with Crippen LogP contribution >= 0.6 is 0 Å². The van der Waals surface area contributed by atoms with Gasteiger partial charge < -0.3 is 9.47 Å². The van der Waals surface area contributed by atoms with Gasteiger partial charge in [-0.15, -0.1) is 0 Å². The van der Waals surface area contributed by atoms with Crippen molar-refractivity contribution in [3.63, 3.8) is 0 Å². The van der Waals surface area contributed by atoms with Crippen LogP contribution in [0.3, 0.4) is 0 Å². The maximum Gasteiger partial charge on any atom is 0.337 e. The van der Waals surface area contributed by atoms with E-state index in [9.17, 15) is 9.59 Å². The topological polar surface area (TPSA) is 52.6 Å². The molecule has 0 spiro atoms. The molecule has 0 heterocycles. The summed E-state index contributed by atoms with van der Waals surface area (Å²) in [7, 11) is 2.78. The first kappa shape index (κ1) is 17.4. The van der Waals surface area contributed by atoms with Crippen LogP contribution in [0.15, 0.2) is 60.7 Å². The van der Waals surface area contributed by atoms with Gasteiger partial charge in [-0.2, -0.15) is 0 Å². The SMILES string of the molecule is COC(=O)CCc1ccccc1.COC(=O)c1ccccc1. The van der Waals surface area contributed by atoms with Crippen molar-refractivity contribution in [3.8, 4) is 0 Å². The number of esters is 2. The number of benzene rings is 2. The van der Waals surface area contributed by atoms with Crippen LogP contribution in [0.2, 0.25) is 0 Å². The quantitative estimate of drug-likeness (QED) is 0.813. The molecule has 0 aliphatic rings. The highest BCUT2D eigenvalue weighted by molar-refractivity contribution is 5.89. The van der Waals surface area contributed by atoms with Crippen molar-refractivity contribution < 1.29 is 19.1 Å². The van der Waals surface area contributed by atoms with Crippen molar-refractivity contribution in [2.45, 2.75) is 12.8 Å². The van der Waals surface area contributed by atoms with Gasteiger partial charge in [-0.25, -0.2) is 4.79 Å². The molecule has 2 rings (SSSR count). The Hall–Kier alpha value is -2.62. The standard InChI is InChI=1S/C10H12O2.C8H8O2/c1-12-10(11)8-7-9-5-3-2-4-6-9;1-10-8(9)7-5-3-2-4-6-7/h2-6H,7-8H2,1H3;2-6H,1H3. The summed E-state index contributed by atoms with van der Waals surface area (Å²) in [6.45, 7) is 0. The molecule has 0 saturated carbocycles. The van der Waals surface area contributed by atoms with E-state index >= 15 is 0 Å². The summed E-state index contributed by atoms with van der Waals surface area (Å²) in [4.78, 5) is 21.6. The molecule has 0 unspecified atom stereocenters. The van der Waals surface area contributed by atoms with Crippen LogP contribution < -0.4 is 0 Å². The second kappa shape index (κ2) is 10.2. The second-order valence-corrected chi connectivity index (χ2v) is 4.42. The second-order valence-electron chi connectivity index (χ2n) is 4.42. The number of hydrogen-bond donors (Lipinski definition) is 0. The van der Waals surface area contributed by atoms with E-state index in [-0.39, 0.29) is 11.9 Å². The zero-order valence-electron chi connectivity index (χ0n) is 12.8. The summed E-state index contributed by atoms with van der Waals surface area (Å²) in [5.74, 6) is -0.445.